The summed E-state index contributed by atoms with van der Waals surface area (Å²) in [6.45, 7) is 4.19. The second-order valence-corrected chi connectivity index (χ2v) is 5.02. The molecule has 17 heavy (non-hydrogen) atoms. The first kappa shape index (κ1) is 12.4. The number of hydrogen-bond acceptors (Lipinski definition) is 1. The number of likely N-dealkylation sites (tertiary alicyclic amines) is 1. The zero-order valence-corrected chi connectivity index (χ0v) is 10.8. The molecule has 0 radical (unpaired) electrons. The number of halogens is 1. The predicted octanol–water partition coefficient (Wildman–Crippen LogP) is 1.35. The highest BCUT2D eigenvalue weighted by Crippen LogP contribution is 2.14. The minimum atomic E-state index is 0.0106. The zero-order chi connectivity index (χ0) is 12.3. The molecule has 1 aliphatic rings. The molecule has 1 heterocycles. The molecule has 1 saturated heterocycles. The van der Waals surface area contributed by atoms with Gasteiger partial charge in [-0.25, -0.2) is 0 Å². The Balaban J connectivity index is 1.96. The van der Waals surface area contributed by atoms with E-state index >= 15 is 0 Å². The number of benzene rings is 1. The Morgan fingerprint density at radius 1 is 1.41 bits per heavy atom. The van der Waals surface area contributed by atoms with Crippen LogP contribution in [0.5, 0.6) is 0 Å². The molecule has 0 bridgehead atoms. The molecule has 0 aromatic heterocycles. The van der Waals surface area contributed by atoms with Crippen molar-refractivity contribution in [2.75, 3.05) is 18.4 Å². The van der Waals surface area contributed by atoms with Gasteiger partial charge in [0.25, 0.3) is 5.91 Å². The molecule has 0 saturated carbocycles. The maximum Gasteiger partial charge on any atom is 0.282 e. The molecule has 92 valence electrons. The van der Waals surface area contributed by atoms with Gasteiger partial charge < -0.3 is 10.2 Å². The monoisotopic (exact) mass is 253 g/mol. The Labute approximate surface area is 107 Å². The van der Waals surface area contributed by atoms with E-state index in [-0.39, 0.29) is 11.9 Å². The van der Waals surface area contributed by atoms with E-state index < -0.39 is 0 Å². The van der Waals surface area contributed by atoms with Crippen LogP contribution in [0.3, 0.4) is 0 Å². The summed E-state index contributed by atoms with van der Waals surface area (Å²) in [5.74, 6) is 0.0733. The van der Waals surface area contributed by atoms with Crippen LogP contribution in [0.2, 0.25) is 5.02 Å². The molecule has 1 aromatic rings. The lowest BCUT2D eigenvalue weighted by molar-refractivity contribution is -0.901. The van der Waals surface area contributed by atoms with Crippen molar-refractivity contribution in [3.8, 4) is 0 Å². The fourth-order valence-electron chi connectivity index (χ4n) is 2.26. The van der Waals surface area contributed by atoms with Crippen molar-refractivity contribution >= 4 is 23.2 Å². The van der Waals surface area contributed by atoms with E-state index in [2.05, 4.69) is 5.32 Å². The highest BCUT2D eigenvalue weighted by Gasteiger charge is 2.27. The normalized spacial score (nSPS) is 18.0. The number of rotatable bonds is 3. The Hall–Kier alpha value is -1.06. The fourth-order valence-corrected chi connectivity index (χ4v) is 2.45. The lowest BCUT2D eigenvalue weighted by Crippen LogP contribution is -3.14. The van der Waals surface area contributed by atoms with Gasteiger partial charge in [-0.15, -0.1) is 0 Å². The molecule has 3 nitrogen and oxygen atoms in total. The molecular weight excluding hydrogens is 236 g/mol. The number of carbonyl (C=O) groups is 1. The quantitative estimate of drug-likeness (QED) is 0.838. The minimum absolute atomic E-state index is 0.0106. The summed E-state index contributed by atoms with van der Waals surface area (Å²) < 4.78 is 0. The summed E-state index contributed by atoms with van der Waals surface area (Å²) in [5, 5.41) is 3.56. The van der Waals surface area contributed by atoms with Gasteiger partial charge in [0.15, 0.2) is 6.04 Å². The van der Waals surface area contributed by atoms with Gasteiger partial charge in [-0.3, -0.25) is 4.79 Å². The van der Waals surface area contributed by atoms with E-state index in [9.17, 15) is 4.79 Å². The molecule has 0 unspecified atom stereocenters. The van der Waals surface area contributed by atoms with E-state index in [1.165, 1.54) is 17.7 Å². The lowest BCUT2D eigenvalue weighted by Gasteiger charge is -2.19. The number of nitrogens with one attached hydrogen (secondary N) is 2. The molecule has 4 heteroatoms. The third-order valence-corrected chi connectivity index (χ3v) is 3.58. The van der Waals surface area contributed by atoms with Crippen molar-refractivity contribution in [2.24, 2.45) is 0 Å². The molecule has 0 aliphatic carbocycles. The third kappa shape index (κ3) is 3.20. The second-order valence-electron chi connectivity index (χ2n) is 4.59. The van der Waals surface area contributed by atoms with Gasteiger partial charge in [-0.2, -0.15) is 0 Å². The van der Waals surface area contributed by atoms with Gasteiger partial charge in [0.2, 0.25) is 0 Å². The Morgan fingerprint density at radius 2 is 2.12 bits per heavy atom. The number of hydrogen-bond donors (Lipinski definition) is 2. The van der Waals surface area contributed by atoms with Gasteiger partial charge in [0.05, 0.1) is 13.1 Å². The average Bonchev–Trinajstić information content (AvgIpc) is 2.81. The Bertz CT molecular complexity index is 402. The van der Waals surface area contributed by atoms with E-state index in [1.54, 1.807) is 12.1 Å². The van der Waals surface area contributed by atoms with Crippen LogP contribution >= 0.6 is 11.6 Å². The van der Waals surface area contributed by atoms with E-state index in [0.29, 0.717) is 5.02 Å². The van der Waals surface area contributed by atoms with Crippen molar-refractivity contribution < 1.29 is 9.69 Å². The first-order valence-corrected chi connectivity index (χ1v) is 6.45. The maximum absolute atomic E-state index is 12.0. The van der Waals surface area contributed by atoms with Crippen LogP contribution in [-0.2, 0) is 4.79 Å². The van der Waals surface area contributed by atoms with Crippen molar-refractivity contribution in [3.05, 3.63) is 29.3 Å². The first-order chi connectivity index (χ1) is 8.16. The molecule has 0 spiro atoms. The number of amides is 1. The van der Waals surface area contributed by atoms with E-state index in [1.807, 2.05) is 19.1 Å². The van der Waals surface area contributed by atoms with E-state index in [4.69, 9.17) is 11.6 Å². The van der Waals surface area contributed by atoms with Gasteiger partial charge in [-0.1, -0.05) is 17.7 Å². The Kier molecular flexibility index (Phi) is 4.02. The van der Waals surface area contributed by atoms with Gasteiger partial charge >= 0.3 is 0 Å². The summed E-state index contributed by atoms with van der Waals surface area (Å²) in [6, 6.07) is 7.27. The highest BCUT2D eigenvalue weighted by molar-refractivity contribution is 6.30. The molecule has 2 N–H and O–H groups in total. The maximum atomic E-state index is 12.0. The van der Waals surface area contributed by atoms with Crippen LogP contribution in [0.4, 0.5) is 5.69 Å². The first-order valence-electron chi connectivity index (χ1n) is 6.08. The van der Waals surface area contributed by atoms with Crippen LogP contribution in [0.25, 0.3) is 0 Å². The summed E-state index contributed by atoms with van der Waals surface area (Å²) in [5.41, 5.74) is 0.771. The third-order valence-electron chi connectivity index (χ3n) is 3.34. The van der Waals surface area contributed by atoms with Crippen LogP contribution < -0.4 is 10.2 Å². The zero-order valence-electron chi connectivity index (χ0n) is 10.0. The van der Waals surface area contributed by atoms with Crippen molar-refractivity contribution in [3.63, 3.8) is 0 Å². The lowest BCUT2D eigenvalue weighted by atomic mass is 10.2. The smallest absolute Gasteiger partial charge is 0.282 e. The molecule has 1 aliphatic heterocycles. The van der Waals surface area contributed by atoms with Crippen molar-refractivity contribution in [2.45, 2.75) is 25.8 Å². The van der Waals surface area contributed by atoms with Crippen LogP contribution in [-0.4, -0.2) is 25.0 Å². The number of anilines is 1. The fraction of sp³-hybridized carbons (Fsp3) is 0.462. The number of carbonyl (C=O) groups excluding carboxylic acids is 1. The molecule has 1 amide bonds. The standard InChI is InChI=1S/C13H17ClN2O/c1-10(16-7-2-3-8-16)13(17)15-12-6-4-5-11(14)9-12/h4-6,9-10H,2-3,7-8H2,1H3,(H,15,17)/p+1/t10-/m1/s1. The summed E-state index contributed by atoms with van der Waals surface area (Å²) in [6.07, 6.45) is 2.45. The number of quaternary nitrogens is 1. The van der Waals surface area contributed by atoms with Crippen molar-refractivity contribution in [1.29, 1.82) is 0 Å². The van der Waals surface area contributed by atoms with Gasteiger partial charge in [0, 0.05) is 23.6 Å². The molecule has 1 fully saturated rings. The molecular formula is C13H18ClN2O+. The summed E-state index contributed by atoms with van der Waals surface area (Å²) in [7, 11) is 0. The molecule has 1 aromatic carbocycles. The average molecular weight is 254 g/mol. The topological polar surface area (TPSA) is 33.5 Å². The van der Waals surface area contributed by atoms with Crippen LogP contribution in [0.1, 0.15) is 19.8 Å². The van der Waals surface area contributed by atoms with Gasteiger partial charge in [0.1, 0.15) is 0 Å². The second kappa shape index (κ2) is 5.52. The summed E-state index contributed by atoms with van der Waals surface area (Å²) in [4.78, 5) is 13.4. The van der Waals surface area contributed by atoms with E-state index in [0.717, 1.165) is 18.8 Å². The van der Waals surface area contributed by atoms with Gasteiger partial charge in [-0.05, 0) is 25.1 Å². The molecule has 1 atom stereocenters. The van der Waals surface area contributed by atoms with Crippen molar-refractivity contribution in [1.82, 2.24) is 0 Å². The molecule has 2 rings (SSSR count). The SMILES string of the molecule is C[C@H](C(=O)Nc1cccc(Cl)c1)[NH+]1CCCC1. The predicted molar refractivity (Wildman–Crippen MR) is 69.5 cm³/mol. The largest absolute Gasteiger partial charge is 0.325 e. The highest BCUT2D eigenvalue weighted by atomic mass is 35.5. The summed E-state index contributed by atoms with van der Waals surface area (Å²) >= 11 is 5.88. The Morgan fingerprint density at radius 3 is 2.76 bits per heavy atom. The minimum Gasteiger partial charge on any atom is -0.325 e. The van der Waals surface area contributed by atoms with Crippen LogP contribution in [0, 0.1) is 0 Å². The van der Waals surface area contributed by atoms with Crippen LogP contribution in [0.15, 0.2) is 24.3 Å².